The first kappa shape index (κ1) is 29.6. The molecule has 192 valence electrons. The minimum absolute atomic E-state index is 0. The minimum Gasteiger partial charge on any atom is -1.00 e. The van der Waals surface area contributed by atoms with Gasteiger partial charge in [0.05, 0.1) is 12.2 Å². The molecule has 0 saturated carbocycles. The Morgan fingerprint density at radius 1 is 0.833 bits per heavy atom. The summed E-state index contributed by atoms with van der Waals surface area (Å²) in [7, 11) is 1.90. The largest absolute Gasteiger partial charge is 1.00 e. The van der Waals surface area contributed by atoms with Crippen molar-refractivity contribution in [2.45, 2.75) is 38.5 Å². The summed E-state index contributed by atoms with van der Waals surface area (Å²) in [6, 6.07) is 17.3. The number of nitrogens with zero attached hydrogens (tertiary/aromatic N) is 1. The number of ether oxygens (including phenoxy) is 2. The van der Waals surface area contributed by atoms with E-state index in [1.54, 1.807) is 48.5 Å². The van der Waals surface area contributed by atoms with Crippen LogP contribution in [0.5, 0.6) is 11.5 Å². The molecule has 2 aromatic carbocycles. The quantitative estimate of drug-likeness (QED) is 0.105. The maximum atomic E-state index is 12.1. The number of carbonyl (C=O) groups excluding carboxylic acids is 2. The van der Waals surface area contributed by atoms with E-state index < -0.39 is 5.97 Å². The predicted octanol–water partition coefficient (Wildman–Crippen LogP) is 2.54. The highest BCUT2D eigenvalue weighted by Crippen LogP contribution is 2.20. The van der Waals surface area contributed by atoms with Gasteiger partial charge in [-0.25, -0.2) is 9.36 Å². The molecular weight excluding hydrogens is 591 g/mol. The van der Waals surface area contributed by atoms with Crippen LogP contribution < -0.4 is 43.3 Å². The van der Waals surface area contributed by atoms with Crippen molar-refractivity contribution in [3.63, 3.8) is 0 Å². The number of aryl methyl sites for hydroxylation is 1. The van der Waals surface area contributed by atoms with Gasteiger partial charge in [-0.15, -0.1) is 0 Å². The van der Waals surface area contributed by atoms with E-state index in [0.29, 0.717) is 35.1 Å². The Morgan fingerprint density at radius 2 is 1.47 bits per heavy atom. The number of halogens is 2. The monoisotopic (exact) mass is 622 g/mol. The molecular formula is C28H32ClIN2O4. The summed E-state index contributed by atoms with van der Waals surface area (Å²) < 4.78 is 13.0. The maximum Gasteiger partial charge on any atom is 0.343 e. The molecule has 0 aliphatic heterocycles. The highest BCUT2D eigenvalue weighted by atomic mass is 127. The third-order valence-electron chi connectivity index (χ3n) is 5.44. The molecule has 0 fully saturated rings. The zero-order valence-electron chi connectivity index (χ0n) is 20.4. The van der Waals surface area contributed by atoms with Crippen molar-refractivity contribution in [1.82, 2.24) is 5.32 Å². The molecule has 0 spiro atoms. The van der Waals surface area contributed by atoms with Crippen molar-refractivity contribution in [2.24, 2.45) is 7.05 Å². The van der Waals surface area contributed by atoms with Crippen LogP contribution in [0, 0.1) is 0 Å². The number of nitrogens with one attached hydrogen (secondary N) is 1. The third kappa shape index (κ3) is 10.5. The molecule has 1 amide bonds. The maximum absolute atomic E-state index is 12.1. The fourth-order valence-corrected chi connectivity index (χ4v) is 3.63. The first-order valence-corrected chi connectivity index (χ1v) is 12.3. The Balaban J connectivity index is 0.00000456. The van der Waals surface area contributed by atoms with Crippen LogP contribution in [0.1, 0.15) is 59.2 Å². The van der Waals surface area contributed by atoms with Gasteiger partial charge in [0.2, 0.25) is 0 Å². The number of hydrogen-bond acceptors (Lipinski definition) is 4. The smallest absolute Gasteiger partial charge is 0.343 e. The molecule has 0 aliphatic carbocycles. The highest BCUT2D eigenvalue weighted by molar-refractivity contribution is 6.30. The van der Waals surface area contributed by atoms with Gasteiger partial charge < -0.3 is 38.8 Å². The summed E-state index contributed by atoms with van der Waals surface area (Å²) in [4.78, 5) is 24.2. The lowest BCUT2D eigenvalue weighted by Gasteiger charge is -2.08. The summed E-state index contributed by atoms with van der Waals surface area (Å²) >= 11 is 5.84. The van der Waals surface area contributed by atoms with E-state index in [0.717, 1.165) is 44.3 Å². The zero-order valence-corrected chi connectivity index (χ0v) is 23.3. The SMILES string of the molecule is C[n+]1cccc(C(=O)NCCCCCCCCOc2ccc(OC(=O)c3ccc(Cl)cc3)cc2)c1.[I-]. The van der Waals surface area contributed by atoms with E-state index in [4.69, 9.17) is 21.1 Å². The van der Waals surface area contributed by atoms with Crippen molar-refractivity contribution in [3.8, 4) is 11.5 Å². The van der Waals surface area contributed by atoms with E-state index in [9.17, 15) is 9.59 Å². The average Bonchev–Trinajstić information content (AvgIpc) is 2.86. The fourth-order valence-electron chi connectivity index (χ4n) is 3.51. The number of esters is 1. The second kappa shape index (κ2) is 16.2. The lowest BCUT2D eigenvalue weighted by Crippen LogP contribution is -3.00. The topological polar surface area (TPSA) is 68.5 Å². The molecule has 1 heterocycles. The second-order valence-electron chi connectivity index (χ2n) is 8.35. The predicted molar refractivity (Wildman–Crippen MR) is 136 cm³/mol. The van der Waals surface area contributed by atoms with Crippen molar-refractivity contribution >= 4 is 23.5 Å². The number of carbonyl (C=O) groups is 2. The molecule has 0 radical (unpaired) electrons. The van der Waals surface area contributed by atoms with Crippen LogP contribution in [-0.4, -0.2) is 25.0 Å². The minimum atomic E-state index is -0.428. The summed E-state index contributed by atoms with van der Waals surface area (Å²) in [5.74, 6) is 0.763. The summed E-state index contributed by atoms with van der Waals surface area (Å²) in [5.41, 5.74) is 1.13. The van der Waals surface area contributed by atoms with Crippen molar-refractivity contribution in [2.75, 3.05) is 13.2 Å². The van der Waals surface area contributed by atoms with Crippen molar-refractivity contribution < 1.29 is 47.6 Å². The van der Waals surface area contributed by atoms with Gasteiger partial charge in [-0.05, 0) is 67.4 Å². The molecule has 0 aliphatic rings. The standard InChI is InChI=1S/C28H31ClN2O4.HI/c1-31-19-8-9-23(21-31)27(32)30-18-6-4-2-3-5-7-20-34-25-14-16-26(17-15-25)35-28(33)22-10-12-24(29)13-11-22;/h8-17,19,21H,2-7,18,20H2,1H3;1H. The third-order valence-corrected chi connectivity index (χ3v) is 5.69. The van der Waals surface area contributed by atoms with E-state index in [2.05, 4.69) is 5.32 Å². The summed E-state index contributed by atoms with van der Waals surface area (Å²) in [6.45, 7) is 1.35. The number of benzene rings is 2. The molecule has 0 unspecified atom stereocenters. The molecule has 3 rings (SSSR count). The molecule has 36 heavy (non-hydrogen) atoms. The van der Waals surface area contributed by atoms with Crippen molar-refractivity contribution in [1.29, 1.82) is 0 Å². The lowest BCUT2D eigenvalue weighted by atomic mass is 10.1. The van der Waals surface area contributed by atoms with Crippen LogP contribution in [-0.2, 0) is 7.05 Å². The number of hydrogen-bond donors (Lipinski definition) is 1. The Bertz CT molecular complexity index is 1090. The van der Waals surface area contributed by atoms with Gasteiger partial charge in [0, 0.05) is 17.6 Å². The molecule has 0 atom stereocenters. The summed E-state index contributed by atoms with van der Waals surface area (Å²) in [6.07, 6.45) is 10.2. The normalized spacial score (nSPS) is 10.3. The number of amides is 1. The van der Waals surface area contributed by atoms with E-state index in [1.807, 2.05) is 36.1 Å². The van der Waals surface area contributed by atoms with E-state index in [1.165, 1.54) is 0 Å². The second-order valence-corrected chi connectivity index (χ2v) is 8.79. The summed E-state index contributed by atoms with van der Waals surface area (Å²) in [5, 5.41) is 3.55. The van der Waals surface area contributed by atoms with Gasteiger partial charge in [0.15, 0.2) is 12.4 Å². The lowest BCUT2D eigenvalue weighted by molar-refractivity contribution is -0.671. The number of pyridine rings is 1. The number of rotatable bonds is 13. The Labute approximate surface area is 235 Å². The van der Waals surface area contributed by atoms with Crippen LogP contribution in [0.15, 0.2) is 73.1 Å². The van der Waals surface area contributed by atoms with Gasteiger partial charge in [0.25, 0.3) is 5.91 Å². The average molecular weight is 623 g/mol. The molecule has 1 aromatic heterocycles. The molecule has 8 heteroatoms. The van der Waals surface area contributed by atoms with Gasteiger partial charge in [0.1, 0.15) is 24.1 Å². The first-order valence-electron chi connectivity index (χ1n) is 12.0. The van der Waals surface area contributed by atoms with Gasteiger partial charge in [-0.1, -0.05) is 37.3 Å². The Hall–Kier alpha value is -2.65. The fraction of sp³-hybridized carbons (Fsp3) is 0.321. The zero-order chi connectivity index (χ0) is 24.9. The van der Waals surface area contributed by atoms with Gasteiger partial charge in [-0.2, -0.15) is 0 Å². The van der Waals surface area contributed by atoms with Gasteiger partial charge in [-0.3, -0.25) is 4.79 Å². The molecule has 0 saturated heterocycles. The molecule has 3 aromatic rings. The first-order chi connectivity index (χ1) is 17.0. The van der Waals surface area contributed by atoms with Gasteiger partial charge >= 0.3 is 5.97 Å². The molecule has 6 nitrogen and oxygen atoms in total. The Kier molecular flexibility index (Phi) is 13.3. The van der Waals surface area contributed by atoms with Crippen LogP contribution in [0.25, 0.3) is 0 Å². The van der Waals surface area contributed by atoms with E-state index in [-0.39, 0.29) is 29.9 Å². The molecule has 1 N–H and O–H groups in total. The Morgan fingerprint density at radius 3 is 2.17 bits per heavy atom. The number of unbranched alkanes of at least 4 members (excludes halogenated alkanes) is 5. The molecule has 0 bridgehead atoms. The van der Waals surface area contributed by atoms with Crippen LogP contribution >= 0.6 is 11.6 Å². The van der Waals surface area contributed by atoms with Crippen LogP contribution in [0.4, 0.5) is 0 Å². The number of aromatic nitrogens is 1. The van der Waals surface area contributed by atoms with Crippen molar-refractivity contribution in [3.05, 3.63) is 89.2 Å². The van der Waals surface area contributed by atoms with E-state index >= 15 is 0 Å². The van der Waals surface area contributed by atoms with Crippen LogP contribution in [0.2, 0.25) is 5.02 Å². The highest BCUT2D eigenvalue weighted by Gasteiger charge is 2.09. The van der Waals surface area contributed by atoms with Crippen LogP contribution in [0.3, 0.4) is 0 Å².